The third-order valence-electron chi connectivity index (χ3n) is 4.81. The smallest absolute Gasteiger partial charge is 0.115 e. The monoisotopic (exact) mass is 407 g/mol. The Labute approximate surface area is 180 Å². The molecular formula is C24H33N5O. The average molecular weight is 408 g/mol. The van der Waals surface area contributed by atoms with Crippen LogP contribution in [0.3, 0.4) is 0 Å². The number of hydrazine groups is 1. The van der Waals surface area contributed by atoms with E-state index in [4.69, 9.17) is 5.11 Å². The van der Waals surface area contributed by atoms with Gasteiger partial charge in [0.25, 0.3) is 0 Å². The first kappa shape index (κ1) is 23.2. The topological polar surface area (TPSA) is 64.0 Å². The molecule has 0 unspecified atom stereocenters. The van der Waals surface area contributed by atoms with Gasteiger partial charge in [0, 0.05) is 26.0 Å². The lowest BCUT2D eigenvalue weighted by Crippen LogP contribution is -2.32. The Bertz CT molecular complexity index is 826. The minimum atomic E-state index is 0.252. The summed E-state index contributed by atoms with van der Waals surface area (Å²) < 4.78 is 0. The second-order valence-corrected chi connectivity index (χ2v) is 7.32. The van der Waals surface area contributed by atoms with E-state index in [-0.39, 0.29) is 5.75 Å². The zero-order chi connectivity index (χ0) is 21.8. The number of allylic oxidation sites excluding steroid dienone is 1. The third-order valence-corrected chi connectivity index (χ3v) is 4.81. The van der Waals surface area contributed by atoms with Crippen molar-refractivity contribution in [2.24, 2.45) is 4.99 Å². The number of aliphatic imine (C=N–C) groups is 1. The number of aromatic hydroxyl groups is 1. The first-order valence-corrected chi connectivity index (χ1v) is 10.2. The molecular weight excluding hydrogens is 374 g/mol. The highest BCUT2D eigenvalue weighted by Gasteiger charge is 2.11. The predicted molar refractivity (Wildman–Crippen MR) is 126 cm³/mol. The molecule has 1 aliphatic rings. The van der Waals surface area contributed by atoms with Crippen LogP contribution in [-0.2, 0) is 6.54 Å². The Morgan fingerprint density at radius 3 is 2.57 bits per heavy atom. The molecule has 160 valence electrons. The summed E-state index contributed by atoms with van der Waals surface area (Å²) in [7, 11) is 1.85. The first-order chi connectivity index (χ1) is 14.5. The van der Waals surface area contributed by atoms with E-state index in [1.807, 2.05) is 26.2 Å². The lowest BCUT2D eigenvalue weighted by molar-refractivity contribution is 0.218. The molecule has 6 heteroatoms. The molecule has 0 spiro atoms. The number of aromatic nitrogens is 1. The van der Waals surface area contributed by atoms with Gasteiger partial charge in [0.15, 0.2) is 0 Å². The van der Waals surface area contributed by atoms with E-state index in [9.17, 15) is 0 Å². The summed E-state index contributed by atoms with van der Waals surface area (Å²) in [6, 6.07) is 11.0. The lowest BCUT2D eigenvalue weighted by Gasteiger charge is -2.26. The highest BCUT2D eigenvalue weighted by atomic mass is 16.3. The van der Waals surface area contributed by atoms with E-state index in [0.717, 1.165) is 17.8 Å². The molecule has 0 bridgehead atoms. The highest BCUT2D eigenvalue weighted by molar-refractivity contribution is 5.61. The van der Waals surface area contributed by atoms with E-state index in [0.29, 0.717) is 0 Å². The van der Waals surface area contributed by atoms with Gasteiger partial charge in [-0.05, 0) is 74.8 Å². The van der Waals surface area contributed by atoms with Gasteiger partial charge in [-0.1, -0.05) is 25.2 Å². The van der Waals surface area contributed by atoms with Crippen LogP contribution in [0.4, 0.5) is 5.69 Å². The van der Waals surface area contributed by atoms with Crippen molar-refractivity contribution in [1.82, 2.24) is 15.3 Å². The van der Waals surface area contributed by atoms with Gasteiger partial charge >= 0.3 is 0 Å². The molecule has 0 radical (unpaired) electrons. The SMILES string of the molecule is C=C(C)c1ccnc(CN2CCCCC2)c1.C=CN=CNN(C)c1ccc(O)cc1. The molecule has 0 amide bonds. The number of benzene rings is 1. The van der Waals surface area contributed by atoms with Crippen molar-refractivity contribution < 1.29 is 5.11 Å². The van der Waals surface area contributed by atoms with Crippen LogP contribution in [0.15, 0.2) is 66.9 Å². The number of nitrogens with one attached hydrogen (secondary N) is 1. The van der Waals surface area contributed by atoms with Crippen molar-refractivity contribution in [3.05, 3.63) is 73.2 Å². The van der Waals surface area contributed by atoms with Gasteiger partial charge in [-0.15, -0.1) is 0 Å². The number of piperidine rings is 1. The number of rotatable bonds is 7. The van der Waals surface area contributed by atoms with Crippen molar-refractivity contribution in [3.8, 4) is 5.75 Å². The maximum atomic E-state index is 9.07. The van der Waals surface area contributed by atoms with E-state index in [1.165, 1.54) is 56.1 Å². The second kappa shape index (κ2) is 12.4. The molecule has 2 aromatic rings. The van der Waals surface area contributed by atoms with E-state index >= 15 is 0 Å². The molecule has 0 atom stereocenters. The molecule has 0 saturated carbocycles. The van der Waals surface area contributed by atoms with Crippen molar-refractivity contribution in [2.75, 3.05) is 25.1 Å². The normalized spacial score (nSPS) is 13.9. The van der Waals surface area contributed by atoms with E-state index in [2.05, 4.69) is 39.5 Å². The van der Waals surface area contributed by atoms with Crippen LogP contribution in [0.25, 0.3) is 5.57 Å². The minimum absolute atomic E-state index is 0.252. The number of phenols is 1. The van der Waals surface area contributed by atoms with Gasteiger partial charge in [-0.25, -0.2) is 4.99 Å². The highest BCUT2D eigenvalue weighted by Crippen LogP contribution is 2.16. The molecule has 30 heavy (non-hydrogen) atoms. The van der Waals surface area contributed by atoms with Crippen molar-refractivity contribution in [2.45, 2.75) is 32.7 Å². The summed E-state index contributed by atoms with van der Waals surface area (Å²) in [4.78, 5) is 10.7. The number of hydrogen-bond donors (Lipinski definition) is 2. The summed E-state index contributed by atoms with van der Waals surface area (Å²) in [5.74, 6) is 0.252. The van der Waals surface area contributed by atoms with Crippen LogP contribution in [0, 0.1) is 0 Å². The zero-order valence-electron chi connectivity index (χ0n) is 18.1. The van der Waals surface area contributed by atoms with Crippen LogP contribution in [-0.4, -0.2) is 41.5 Å². The van der Waals surface area contributed by atoms with Gasteiger partial charge in [0.05, 0.1) is 11.4 Å². The number of likely N-dealkylation sites (tertiary alicyclic amines) is 1. The number of anilines is 1. The molecule has 0 aliphatic carbocycles. The lowest BCUT2D eigenvalue weighted by atomic mass is 10.1. The number of nitrogens with zero attached hydrogens (tertiary/aromatic N) is 4. The van der Waals surface area contributed by atoms with Crippen LogP contribution in [0.1, 0.15) is 37.4 Å². The summed E-state index contributed by atoms with van der Waals surface area (Å²) in [6.07, 6.45) is 8.91. The quantitative estimate of drug-likeness (QED) is 0.399. The van der Waals surface area contributed by atoms with Crippen molar-refractivity contribution in [3.63, 3.8) is 0 Å². The fraction of sp³-hybridized carbons (Fsp3) is 0.333. The molecule has 1 aromatic heterocycles. The molecule has 2 N–H and O–H groups in total. The van der Waals surface area contributed by atoms with Crippen LogP contribution < -0.4 is 10.4 Å². The summed E-state index contributed by atoms with van der Waals surface area (Å²) in [6.45, 7) is 12.9. The average Bonchev–Trinajstić information content (AvgIpc) is 2.76. The summed E-state index contributed by atoms with van der Waals surface area (Å²) in [5, 5.41) is 10.8. The molecule has 6 nitrogen and oxygen atoms in total. The number of phenolic OH excluding ortho intramolecular Hbond substituents is 1. The molecule has 1 aliphatic heterocycles. The molecule has 3 rings (SSSR count). The standard InChI is InChI=1S/C14H20N2.C10H13N3O/c1-12(2)13-6-7-15-14(10-13)11-16-8-4-3-5-9-16;1-3-11-8-12-13(2)9-4-6-10(14)7-5-9/h6-7,10H,1,3-5,8-9,11H2,2H3;3-8,14H,1H2,2H3,(H,11,12). The van der Waals surface area contributed by atoms with Gasteiger partial charge in [0.2, 0.25) is 0 Å². The molecule has 2 heterocycles. The van der Waals surface area contributed by atoms with Gasteiger partial charge in [-0.2, -0.15) is 0 Å². The van der Waals surface area contributed by atoms with Crippen LogP contribution >= 0.6 is 0 Å². The largest absolute Gasteiger partial charge is 0.508 e. The predicted octanol–water partition coefficient (Wildman–Crippen LogP) is 4.61. The van der Waals surface area contributed by atoms with Crippen LogP contribution in [0.5, 0.6) is 5.75 Å². The zero-order valence-corrected chi connectivity index (χ0v) is 18.1. The van der Waals surface area contributed by atoms with Gasteiger partial charge < -0.3 is 5.11 Å². The van der Waals surface area contributed by atoms with Crippen molar-refractivity contribution in [1.29, 1.82) is 0 Å². The summed E-state index contributed by atoms with van der Waals surface area (Å²) >= 11 is 0. The number of pyridine rings is 1. The molecule has 1 aromatic carbocycles. The Balaban J connectivity index is 0.000000216. The number of hydrogen-bond acceptors (Lipinski definition) is 5. The fourth-order valence-corrected chi connectivity index (χ4v) is 3.10. The molecule has 1 fully saturated rings. The van der Waals surface area contributed by atoms with Crippen LogP contribution in [0.2, 0.25) is 0 Å². The van der Waals surface area contributed by atoms with E-state index < -0.39 is 0 Å². The maximum Gasteiger partial charge on any atom is 0.115 e. The Morgan fingerprint density at radius 2 is 1.93 bits per heavy atom. The van der Waals surface area contributed by atoms with Gasteiger partial charge in [-0.3, -0.25) is 20.3 Å². The van der Waals surface area contributed by atoms with E-state index in [1.54, 1.807) is 29.3 Å². The molecule has 1 saturated heterocycles. The summed E-state index contributed by atoms with van der Waals surface area (Å²) in [5.41, 5.74) is 7.33. The Hall–Kier alpha value is -3.12. The maximum absolute atomic E-state index is 9.07. The second-order valence-electron chi connectivity index (χ2n) is 7.32. The first-order valence-electron chi connectivity index (χ1n) is 10.2. The van der Waals surface area contributed by atoms with Gasteiger partial charge in [0.1, 0.15) is 12.1 Å². The van der Waals surface area contributed by atoms with Crippen molar-refractivity contribution >= 4 is 17.6 Å². The fourth-order valence-electron chi connectivity index (χ4n) is 3.10. The Kier molecular flexibility index (Phi) is 9.61. The Morgan fingerprint density at radius 1 is 1.23 bits per heavy atom. The third kappa shape index (κ3) is 8.09. The minimum Gasteiger partial charge on any atom is -0.508 e.